The van der Waals surface area contributed by atoms with E-state index in [1.807, 2.05) is 0 Å². The van der Waals surface area contributed by atoms with E-state index in [4.69, 9.17) is 0 Å². The number of aromatic nitrogens is 5. The Morgan fingerprint density at radius 1 is 1.00 bits per heavy atom. The lowest BCUT2D eigenvalue weighted by molar-refractivity contribution is 0.0707. The minimum absolute atomic E-state index is 0.152. The second kappa shape index (κ2) is 7.14. The van der Waals surface area contributed by atoms with Gasteiger partial charge in [-0.3, -0.25) is 9.59 Å². The summed E-state index contributed by atoms with van der Waals surface area (Å²) in [6.07, 6.45) is 9.93. The van der Waals surface area contributed by atoms with Gasteiger partial charge in [-0.2, -0.15) is 0 Å². The molecule has 0 spiro atoms. The molecular weight excluding hydrogens is 356 g/mol. The van der Waals surface area contributed by atoms with Gasteiger partial charge in [0, 0.05) is 44.1 Å². The van der Waals surface area contributed by atoms with Gasteiger partial charge < -0.3 is 14.5 Å². The lowest BCUT2D eigenvalue weighted by Crippen LogP contribution is -2.40. The van der Waals surface area contributed by atoms with Crippen molar-refractivity contribution in [3.8, 4) is 0 Å². The van der Waals surface area contributed by atoms with Crippen molar-refractivity contribution >= 4 is 5.91 Å². The highest BCUT2D eigenvalue weighted by Crippen LogP contribution is 2.37. The van der Waals surface area contributed by atoms with E-state index in [-0.39, 0.29) is 17.0 Å². The number of carbonyl (C=O) groups is 1. The van der Waals surface area contributed by atoms with Gasteiger partial charge >= 0.3 is 0 Å². The Labute approximate surface area is 163 Å². The molecule has 148 valence electrons. The molecular formula is C20H26N6O2. The number of hydrogen-bond acceptors (Lipinski definition) is 5. The molecule has 5 rings (SSSR count). The second-order valence-electron chi connectivity index (χ2n) is 8.29. The number of likely N-dealkylation sites (tertiary alicyclic amines) is 1. The molecule has 28 heavy (non-hydrogen) atoms. The summed E-state index contributed by atoms with van der Waals surface area (Å²) in [5, 5.41) is 8.89. The third kappa shape index (κ3) is 3.25. The molecule has 0 aromatic carbocycles. The van der Waals surface area contributed by atoms with Gasteiger partial charge in [-0.25, -0.2) is 4.98 Å². The van der Waals surface area contributed by atoms with Gasteiger partial charge in [-0.15, -0.1) is 10.2 Å². The van der Waals surface area contributed by atoms with Gasteiger partial charge in [0.25, 0.3) is 11.5 Å². The van der Waals surface area contributed by atoms with Crippen LogP contribution >= 0.6 is 0 Å². The third-order valence-corrected chi connectivity index (χ3v) is 6.30. The summed E-state index contributed by atoms with van der Waals surface area (Å²) in [5.74, 6) is 3.39. The zero-order valence-electron chi connectivity index (χ0n) is 16.1. The maximum absolute atomic E-state index is 12.8. The molecule has 3 aliphatic rings. The van der Waals surface area contributed by atoms with Crippen LogP contribution in [-0.2, 0) is 13.0 Å². The maximum atomic E-state index is 12.8. The number of aryl methyl sites for hydroxylation is 1. The van der Waals surface area contributed by atoms with Crippen LogP contribution in [0.2, 0.25) is 0 Å². The highest BCUT2D eigenvalue weighted by Gasteiger charge is 2.31. The Kier molecular flexibility index (Phi) is 4.49. The minimum atomic E-state index is -0.313. The molecule has 1 aliphatic carbocycles. The molecule has 4 heterocycles. The fourth-order valence-electron chi connectivity index (χ4n) is 4.45. The third-order valence-electron chi connectivity index (χ3n) is 6.30. The SMILES string of the molecule is O=C(c1cnc(C2CC2)[nH]c1=O)N1CCC(c2nnc3n2CCCCC3)CC1. The lowest BCUT2D eigenvalue weighted by atomic mass is 9.95. The van der Waals surface area contributed by atoms with Gasteiger partial charge in [0.15, 0.2) is 0 Å². The van der Waals surface area contributed by atoms with Crippen LogP contribution in [-0.4, -0.2) is 48.6 Å². The Morgan fingerprint density at radius 3 is 2.57 bits per heavy atom. The lowest BCUT2D eigenvalue weighted by Gasteiger charge is -2.31. The standard InChI is InChI=1S/C20H26N6O2/c27-19-15(12-21-17(22-19)13-5-6-13)20(28)25-10-7-14(8-11-25)18-24-23-16-4-2-1-3-9-26(16)18/h12-14H,1-11H2,(H,21,22,27). The first-order chi connectivity index (χ1) is 13.7. The van der Waals surface area contributed by atoms with E-state index < -0.39 is 0 Å². The van der Waals surface area contributed by atoms with E-state index in [0.717, 1.165) is 50.3 Å². The van der Waals surface area contributed by atoms with Gasteiger partial charge in [-0.05, 0) is 38.5 Å². The van der Waals surface area contributed by atoms with Crippen LogP contribution in [0.25, 0.3) is 0 Å². The predicted molar refractivity (Wildman–Crippen MR) is 102 cm³/mol. The first kappa shape index (κ1) is 17.6. The summed E-state index contributed by atoms with van der Waals surface area (Å²) in [4.78, 5) is 34.0. The van der Waals surface area contributed by atoms with Crippen LogP contribution in [0.1, 0.15) is 84.6 Å². The van der Waals surface area contributed by atoms with Gasteiger partial charge in [-0.1, -0.05) is 6.42 Å². The molecule has 8 heteroatoms. The second-order valence-corrected chi connectivity index (χ2v) is 8.29. The largest absolute Gasteiger partial charge is 0.338 e. The summed E-state index contributed by atoms with van der Waals surface area (Å²) in [7, 11) is 0. The Bertz CT molecular complexity index is 936. The van der Waals surface area contributed by atoms with Crippen LogP contribution in [0.4, 0.5) is 0 Å². The monoisotopic (exact) mass is 382 g/mol. The minimum Gasteiger partial charge on any atom is -0.338 e. The number of hydrogen-bond donors (Lipinski definition) is 1. The van der Waals surface area contributed by atoms with Crippen molar-refractivity contribution in [2.75, 3.05) is 13.1 Å². The number of amides is 1. The fourth-order valence-corrected chi connectivity index (χ4v) is 4.45. The van der Waals surface area contributed by atoms with Crippen molar-refractivity contribution in [3.63, 3.8) is 0 Å². The highest BCUT2D eigenvalue weighted by atomic mass is 16.2. The molecule has 2 fully saturated rings. The number of nitrogens with zero attached hydrogens (tertiary/aromatic N) is 5. The molecule has 0 radical (unpaired) electrons. The van der Waals surface area contributed by atoms with E-state index in [1.165, 1.54) is 25.5 Å². The molecule has 2 aromatic heterocycles. The first-order valence-corrected chi connectivity index (χ1v) is 10.5. The van der Waals surface area contributed by atoms with Gasteiger partial charge in [0.2, 0.25) is 0 Å². The molecule has 1 amide bonds. The number of piperidine rings is 1. The first-order valence-electron chi connectivity index (χ1n) is 10.5. The molecule has 2 aliphatic heterocycles. The van der Waals surface area contributed by atoms with Gasteiger partial charge in [0.05, 0.1) is 0 Å². The molecule has 1 N–H and O–H groups in total. The molecule has 2 aromatic rings. The normalized spacial score (nSPS) is 20.6. The Hall–Kier alpha value is -2.51. The molecule has 8 nitrogen and oxygen atoms in total. The summed E-state index contributed by atoms with van der Waals surface area (Å²) in [6, 6.07) is 0. The zero-order valence-corrected chi connectivity index (χ0v) is 16.1. The fraction of sp³-hybridized carbons (Fsp3) is 0.650. The molecule has 1 saturated heterocycles. The zero-order chi connectivity index (χ0) is 19.1. The highest BCUT2D eigenvalue weighted by molar-refractivity contribution is 5.93. The molecule has 0 bridgehead atoms. The van der Waals surface area contributed by atoms with E-state index in [9.17, 15) is 9.59 Å². The summed E-state index contributed by atoms with van der Waals surface area (Å²) < 4.78 is 2.31. The van der Waals surface area contributed by atoms with Crippen LogP contribution < -0.4 is 5.56 Å². The van der Waals surface area contributed by atoms with E-state index in [0.29, 0.717) is 30.7 Å². The average molecular weight is 382 g/mol. The van der Waals surface area contributed by atoms with Crippen molar-refractivity contribution in [2.24, 2.45) is 0 Å². The topological polar surface area (TPSA) is 96.8 Å². The summed E-state index contributed by atoms with van der Waals surface area (Å²) >= 11 is 0. The number of rotatable bonds is 3. The number of fused-ring (bicyclic) bond motifs is 1. The van der Waals surface area contributed by atoms with E-state index in [2.05, 4.69) is 24.7 Å². The van der Waals surface area contributed by atoms with Crippen molar-refractivity contribution < 1.29 is 4.79 Å². The quantitative estimate of drug-likeness (QED) is 0.876. The number of carbonyl (C=O) groups excluding carboxylic acids is 1. The number of nitrogens with one attached hydrogen (secondary N) is 1. The summed E-state index contributed by atoms with van der Waals surface area (Å²) in [6.45, 7) is 2.27. The Morgan fingerprint density at radius 2 is 1.82 bits per heavy atom. The van der Waals surface area contributed by atoms with Crippen LogP contribution in [0.5, 0.6) is 0 Å². The summed E-state index contributed by atoms with van der Waals surface area (Å²) in [5.41, 5.74) is -0.161. The molecule has 0 atom stereocenters. The van der Waals surface area contributed by atoms with Crippen molar-refractivity contribution in [2.45, 2.75) is 69.7 Å². The van der Waals surface area contributed by atoms with E-state index in [1.54, 1.807) is 4.90 Å². The van der Waals surface area contributed by atoms with E-state index >= 15 is 0 Å². The average Bonchev–Trinajstić information content (AvgIpc) is 3.53. The number of aromatic amines is 1. The molecule has 1 saturated carbocycles. The van der Waals surface area contributed by atoms with Crippen molar-refractivity contribution in [1.29, 1.82) is 0 Å². The maximum Gasteiger partial charge on any atom is 0.263 e. The van der Waals surface area contributed by atoms with Crippen molar-refractivity contribution in [3.05, 3.63) is 39.6 Å². The van der Waals surface area contributed by atoms with Crippen LogP contribution in [0.3, 0.4) is 0 Å². The predicted octanol–water partition coefficient (Wildman–Crippen LogP) is 1.98. The van der Waals surface area contributed by atoms with Crippen LogP contribution in [0.15, 0.2) is 11.0 Å². The van der Waals surface area contributed by atoms with Crippen LogP contribution in [0, 0.1) is 0 Å². The smallest absolute Gasteiger partial charge is 0.263 e. The van der Waals surface area contributed by atoms with Crippen molar-refractivity contribution in [1.82, 2.24) is 29.6 Å². The Balaban J connectivity index is 1.27. The molecule has 0 unspecified atom stereocenters. The number of H-pyrrole nitrogens is 1. The van der Waals surface area contributed by atoms with Gasteiger partial charge in [0.1, 0.15) is 23.0 Å².